The Labute approximate surface area is 179 Å². The smallest absolute Gasteiger partial charge is 0.0701 e. The largest absolute Gasteiger partial charge is 0.378 e. The summed E-state index contributed by atoms with van der Waals surface area (Å²) in [5.74, 6) is 1.34. The van der Waals surface area contributed by atoms with E-state index in [0.717, 1.165) is 38.1 Å². The normalized spacial score (nSPS) is 25.9. The summed E-state index contributed by atoms with van der Waals surface area (Å²) in [6.45, 7) is 9.50. The average Bonchev–Trinajstić information content (AvgIpc) is 3.22. The van der Waals surface area contributed by atoms with Crippen molar-refractivity contribution >= 4 is 21.6 Å². The molecule has 0 amide bonds. The molecule has 166 valence electrons. The predicted molar refractivity (Wildman–Crippen MR) is 117 cm³/mol. The second-order valence-electron chi connectivity index (χ2n) is 7.08. The van der Waals surface area contributed by atoms with E-state index in [1.807, 2.05) is 10.8 Å². The molecule has 0 aromatic heterocycles. The molecule has 2 aliphatic heterocycles. The Kier molecular flexibility index (Phi) is 16.1. The quantitative estimate of drug-likeness (QED) is 0.464. The Morgan fingerprint density at radius 2 is 1.18 bits per heavy atom. The van der Waals surface area contributed by atoms with Crippen molar-refractivity contribution in [3.05, 3.63) is 0 Å². The first kappa shape index (κ1) is 24.7. The highest BCUT2D eigenvalue weighted by Gasteiger charge is 2.15. The third-order valence-electron chi connectivity index (χ3n) is 4.82. The van der Waals surface area contributed by atoms with E-state index in [0.29, 0.717) is 52.9 Å². The van der Waals surface area contributed by atoms with Crippen LogP contribution >= 0.6 is 21.6 Å². The minimum atomic E-state index is 0.603. The van der Waals surface area contributed by atoms with Crippen molar-refractivity contribution in [3.8, 4) is 0 Å². The fourth-order valence-electron chi connectivity index (χ4n) is 3.15. The van der Waals surface area contributed by atoms with Gasteiger partial charge in [-0.25, -0.2) is 0 Å². The lowest BCUT2D eigenvalue weighted by molar-refractivity contribution is -0.0186. The van der Waals surface area contributed by atoms with Crippen LogP contribution in [0.25, 0.3) is 0 Å². The monoisotopic (exact) mass is 437 g/mol. The molecule has 2 heterocycles. The first-order valence-corrected chi connectivity index (χ1v) is 13.2. The molecule has 1 unspecified atom stereocenters. The first-order chi connectivity index (χ1) is 13.9. The lowest BCUT2D eigenvalue weighted by Crippen LogP contribution is -2.32. The van der Waals surface area contributed by atoms with Crippen LogP contribution in [0.4, 0.5) is 0 Å². The number of unbranched alkanes of at least 4 members (excludes halogenated alkanes) is 2. The summed E-state index contributed by atoms with van der Waals surface area (Å²) < 4.78 is 27.9. The Balaban J connectivity index is 1.57. The van der Waals surface area contributed by atoms with Gasteiger partial charge in [-0.1, -0.05) is 34.4 Å². The zero-order chi connectivity index (χ0) is 19.5. The molecular weight excluding hydrogens is 398 g/mol. The summed E-state index contributed by atoms with van der Waals surface area (Å²) >= 11 is 0. The summed E-state index contributed by atoms with van der Waals surface area (Å²) in [6, 6.07) is 0. The van der Waals surface area contributed by atoms with Crippen LogP contribution < -0.4 is 0 Å². The molecule has 1 atom stereocenters. The molecule has 0 bridgehead atoms. The van der Waals surface area contributed by atoms with E-state index in [2.05, 4.69) is 15.7 Å². The van der Waals surface area contributed by atoms with Gasteiger partial charge < -0.3 is 23.7 Å². The van der Waals surface area contributed by atoms with E-state index in [1.54, 1.807) is 0 Å². The molecule has 2 saturated heterocycles. The van der Waals surface area contributed by atoms with Gasteiger partial charge in [0, 0.05) is 24.1 Å². The van der Waals surface area contributed by atoms with Gasteiger partial charge in [0.1, 0.15) is 0 Å². The molecule has 0 aromatic carbocycles. The van der Waals surface area contributed by atoms with Gasteiger partial charge in [-0.3, -0.25) is 4.90 Å². The zero-order valence-electron chi connectivity index (χ0n) is 17.3. The van der Waals surface area contributed by atoms with E-state index >= 15 is 0 Å². The SMILES string of the molecule is C(CCC1CCSS1)CCN1CCOCCOCCOCCOCCOCC1. The molecule has 28 heavy (non-hydrogen) atoms. The molecule has 2 aliphatic rings. The number of nitrogens with zero attached hydrogens (tertiary/aromatic N) is 1. The maximum absolute atomic E-state index is 5.73. The third kappa shape index (κ3) is 13.6. The molecule has 2 fully saturated rings. The van der Waals surface area contributed by atoms with Gasteiger partial charge in [0.2, 0.25) is 0 Å². The zero-order valence-corrected chi connectivity index (χ0v) is 19.0. The Hall–Kier alpha value is 0.460. The predicted octanol–water partition coefficient (Wildman–Crippen LogP) is 3.10. The van der Waals surface area contributed by atoms with Crippen molar-refractivity contribution in [2.75, 3.05) is 91.5 Å². The molecule has 2 rings (SSSR count). The van der Waals surface area contributed by atoms with Gasteiger partial charge in [-0.2, -0.15) is 0 Å². The fraction of sp³-hybridized carbons (Fsp3) is 1.00. The van der Waals surface area contributed by atoms with Crippen LogP contribution in [0.1, 0.15) is 32.1 Å². The van der Waals surface area contributed by atoms with Crippen LogP contribution in [-0.2, 0) is 23.7 Å². The number of hydrogen-bond donors (Lipinski definition) is 0. The molecule has 0 spiro atoms. The fourth-order valence-corrected chi connectivity index (χ4v) is 6.18. The Morgan fingerprint density at radius 3 is 1.68 bits per heavy atom. The van der Waals surface area contributed by atoms with Gasteiger partial charge in [-0.15, -0.1) is 0 Å². The lowest BCUT2D eigenvalue weighted by Gasteiger charge is -2.22. The van der Waals surface area contributed by atoms with Gasteiger partial charge >= 0.3 is 0 Å². The van der Waals surface area contributed by atoms with Gasteiger partial charge in [0.25, 0.3) is 0 Å². The average molecular weight is 438 g/mol. The van der Waals surface area contributed by atoms with Crippen molar-refractivity contribution < 1.29 is 23.7 Å². The summed E-state index contributed by atoms with van der Waals surface area (Å²) in [7, 11) is 4.14. The Morgan fingerprint density at radius 1 is 0.643 bits per heavy atom. The molecule has 0 aromatic rings. The maximum atomic E-state index is 5.73. The van der Waals surface area contributed by atoms with E-state index in [4.69, 9.17) is 23.7 Å². The second kappa shape index (κ2) is 18.2. The maximum Gasteiger partial charge on any atom is 0.0701 e. The second-order valence-corrected chi connectivity index (χ2v) is 9.87. The van der Waals surface area contributed by atoms with E-state index in [-0.39, 0.29) is 0 Å². The summed E-state index contributed by atoms with van der Waals surface area (Å²) in [5.41, 5.74) is 0. The van der Waals surface area contributed by atoms with Crippen LogP contribution in [0.5, 0.6) is 0 Å². The standard InChI is InChI=1S/C20H39NO5S2/c1(2-4-20-5-19-27-28-20)3-6-21-7-9-22-11-13-24-15-17-26-18-16-25-14-12-23-10-8-21/h20H,1-19H2. The van der Waals surface area contributed by atoms with E-state index in [9.17, 15) is 0 Å². The van der Waals surface area contributed by atoms with Gasteiger partial charge in [0.15, 0.2) is 0 Å². The molecule has 6 nitrogen and oxygen atoms in total. The van der Waals surface area contributed by atoms with Crippen LogP contribution in [0.3, 0.4) is 0 Å². The summed E-state index contributed by atoms with van der Waals surface area (Å²) in [5, 5.41) is 0.902. The van der Waals surface area contributed by atoms with Crippen molar-refractivity contribution in [2.45, 2.75) is 37.4 Å². The van der Waals surface area contributed by atoms with Crippen LogP contribution in [0.15, 0.2) is 0 Å². The van der Waals surface area contributed by atoms with Crippen molar-refractivity contribution in [1.82, 2.24) is 4.90 Å². The lowest BCUT2D eigenvalue weighted by atomic mass is 10.1. The van der Waals surface area contributed by atoms with Crippen LogP contribution in [0, 0.1) is 0 Å². The van der Waals surface area contributed by atoms with Gasteiger partial charge in [0.05, 0.1) is 66.1 Å². The molecule has 0 saturated carbocycles. The van der Waals surface area contributed by atoms with Crippen molar-refractivity contribution in [2.24, 2.45) is 0 Å². The minimum absolute atomic E-state index is 0.603. The number of ether oxygens (including phenoxy) is 5. The molecule has 0 N–H and O–H groups in total. The minimum Gasteiger partial charge on any atom is -0.378 e. The molecule has 8 heteroatoms. The van der Waals surface area contributed by atoms with Crippen molar-refractivity contribution in [3.63, 3.8) is 0 Å². The van der Waals surface area contributed by atoms with E-state index < -0.39 is 0 Å². The topological polar surface area (TPSA) is 49.4 Å². The highest BCUT2D eigenvalue weighted by atomic mass is 33.1. The third-order valence-corrected chi connectivity index (χ3v) is 7.83. The Bertz CT molecular complexity index is 331. The van der Waals surface area contributed by atoms with E-state index in [1.165, 1.54) is 37.9 Å². The number of rotatable bonds is 6. The van der Waals surface area contributed by atoms with Gasteiger partial charge in [-0.05, 0) is 25.8 Å². The number of hydrogen-bond acceptors (Lipinski definition) is 8. The summed E-state index contributed by atoms with van der Waals surface area (Å²) in [6.07, 6.45) is 6.73. The summed E-state index contributed by atoms with van der Waals surface area (Å²) in [4.78, 5) is 2.47. The highest BCUT2D eigenvalue weighted by molar-refractivity contribution is 8.77. The molecular formula is C20H39NO5S2. The first-order valence-electron chi connectivity index (χ1n) is 10.8. The van der Waals surface area contributed by atoms with Crippen LogP contribution in [-0.4, -0.2) is 102 Å². The van der Waals surface area contributed by atoms with Crippen molar-refractivity contribution in [1.29, 1.82) is 0 Å². The highest BCUT2D eigenvalue weighted by Crippen LogP contribution is 2.39. The van der Waals surface area contributed by atoms with Crippen LogP contribution in [0.2, 0.25) is 0 Å². The molecule has 0 radical (unpaired) electrons. The molecule has 0 aliphatic carbocycles.